The van der Waals surface area contributed by atoms with Gasteiger partial charge in [0.05, 0.1) is 17.3 Å². The quantitative estimate of drug-likeness (QED) is 0.504. The van der Waals surface area contributed by atoms with Crippen molar-refractivity contribution < 1.29 is 0 Å². The minimum absolute atomic E-state index is 0.672. The van der Waals surface area contributed by atoms with Gasteiger partial charge in [0.25, 0.3) is 0 Å². The van der Waals surface area contributed by atoms with Crippen LogP contribution in [0.15, 0.2) is 60.8 Å². The summed E-state index contributed by atoms with van der Waals surface area (Å²) >= 11 is 6.19. The summed E-state index contributed by atoms with van der Waals surface area (Å²) < 4.78 is 1.87. The van der Waals surface area contributed by atoms with Crippen LogP contribution in [0.4, 0.5) is 17.5 Å². The van der Waals surface area contributed by atoms with Crippen LogP contribution < -0.4 is 10.2 Å². The number of para-hydroxylation sites is 1. The molecule has 3 heterocycles. The molecule has 1 saturated heterocycles. The van der Waals surface area contributed by atoms with Gasteiger partial charge >= 0.3 is 0 Å². The van der Waals surface area contributed by atoms with E-state index in [9.17, 15) is 0 Å². The Morgan fingerprint density at radius 2 is 1.77 bits per heavy atom. The second kappa shape index (κ2) is 8.53. The molecule has 5 rings (SSSR count). The van der Waals surface area contributed by atoms with Gasteiger partial charge in [-0.1, -0.05) is 42.8 Å². The molecule has 0 aliphatic carbocycles. The average molecular weight is 434 g/mol. The maximum atomic E-state index is 6.19. The summed E-state index contributed by atoms with van der Waals surface area (Å²) in [7, 11) is 0. The van der Waals surface area contributed by atoms with E-state index in [-0.39, 0.29) is 0 Å². The lowest BCUT2D eigenvalue weighted by atomic mass is 10.3. The third kappa shape index (κ3) is 4.06. The minimum atomic E-state index is 0.672. The summed E-state index contributed by atoms with van der Waals surface area (Å²) in [4.78, 5) is 14.5. The van der Waals surface area contributed by atoms with Gasteiger partial charge in [-0.05, 0) is 36.9 Å². The Hall–Kier alpha value is -3.16. The summed E-state index contributed by atoms with van der Waals surface area (Å²) in [5, 5.41) is 9.58. The van der Waals surface area contributed by atoms with Crippen molar-refractivity contribution in [3.63, 3.8) is 0 Å². The Labute approximate surface area is 186 Å². The molecular formula is C23H24ClN7. The highest BCUT2D eigenvalue weighted by Crippen LogP contribution is 2.29. The highest BCUT2D eigenvalue weighted by Gasteiger charge is 2.21. The van der Waals surface area contributed by atoms with E-state index in [1.54, 1.807) is 0 Å². The van der Waals surface area contributed by atoms with E-state index in [2.05, 4.69) is 27.1 Å². The number of nitrogens with zero attached hydrogens (tertiary/aromatic N) is 6. The van der Waals surface area contributed by atoms with Crippen molar-refractivity contribution in [1.29, 1.82) is 0 Å². The normalized spacial score (nSPS) is 14.8. The summed E-state index contributed by atoms with van der Waals surface area (Å²) in [6.07, 6.45) is 1.81. The molecular weight excluding hydrogens is 410 g/mol. The molecule has 0 bridgehead atoms. The van der Waals surface area contributed by atoms with E-state index in [4.69, 9.17) is 21.6 Å². The van der Waals surface area contributed by atoms with Crippen LogP contribution in [0, 0.1) is 0 Å². The number of piperazine rings is 1. The Balaban J connectivity index is 1.59. The van der Waals surface area contributed by atoms with Gasteiger partial charge in [0, 0.05) is 36.9 Å². The molecule has 1 aliphatic rings. The van der Waals surface area contributed by atoms with Crippen molar-refractivity contribution in [1.82, 2.24) is 24.6 Å². The predicted octanol–water partition coefficient (Wildman–Crippen LogP) is 4.35. The monoisotopic (exact) mass is 433 g/mol. The van der Waals surface area contributed by atoms with Crippen molar-refractivity contribution in [2.75, 3.05) is 42.9 Å². The fraction of sp³-hybridized carbons (Fsp3) is 0.261. The number of benzene rings is 2. The first-order valence-electron chi connectivity index (χ1n) is 10.5. The third-order valence-electron chi connectivity index (χ3n) is 5.61. The molecule has 7 nitrogen and oxygen atoms in total. The zero-order chi connectivity index (χ0) is 21.2. The molecule has 0 saturated carbocycles. The summed E-state index contributed by atoms with van der Waals surface area (Å²) in [6, 6.07) is 17.7. The maximum Gasteiger partial charge on any atom is 0.229 e. The van der Waals surface area contributed by atoms with Gasteiger partial charge in [-0.15, -0.1) is 0 Å². The number of hydrogen-bond acceptors (Lipinski definition) is 6. The molecule has 0 amide bonds. The molecule has 8 heteroatoms. The fourth-order valence-corrected chi connectivity index (χ4v) is 4.05. The predicted molar refractivity (Wildman–Crippen MR) is 126 cm³/mol. The van der Waals surface area contributed by atoms with Gasteiger partial charge in [0.15, 0.2) is 5.65 Å². The second-order valence-corrected chi connectivity index (χ2v) is 7.99. The lowest BCUT2D eigenvalue weighted by Gasteiger charge is -2.34. The average Bonchev–Trinajstić information content (AvgIpc) is 3.24. The highest BCUT2D eigenvalue weighted by molar-refractivity contribution is 6.30. The molecule has 0 radical (unpaired) electrons. The van der Waals surface area contributed by atoms with Crippen molar-refractivity contribution in [2.45, 2.75) is 6.92 Å². The van der Waals surface area contributed by atoms with Crippen LogP contribution in [0.2, 0.25) is 5.02 Å². The van der Waals surface area contributed by atoms with Crippen LogP contribution in [0.3, 0.4) is 0 Å². The first-order valence-corrected chi connectivity index (χ1v) is 10.9. The van der Waals surface area contributed by atoms with Crippen molar-refractivity contribution in [3.8, 4) is 5.69 Å². The van der Waals surface area contributed by atoms with E-state index in [0.717, 1.165) is 60.9 Å². The van der Waals surface area contributed by atoms with Crippen LogP contribution in [-0.2, 0) is 0 Å². The number of halogens is 1. The van der Waals surface area contributed by atoms with Crippen LogP contribution in [0.1, 0.15) is 6.92 Å². The van der Waals surface area contributed by atoms with Crippen molar-refractivity contribution in [2.24, 2.45) is 0 Å². The first kappa shape index (κ1) is 19.8. The molecule has 1 N–H and O–H groups in total. The Morgan fingerprint density at radius 3 is 2.52 bits per heavy atom. The van der Waals surface area contributed by atoms with Gasteiger partial charge < -0.3 is 15.1 Å². The Morgan fingerprint density at radius 1 is 0.968 bits per heavy atom. The fourth-order valence-electron chi connectivity index (χ4n) is 3.86. The molecule has 4 aromatic rings. The lowest BCUT2D eigenvalue weighted by molar-refractivity contribution is 0.270. The van der Waals surface area contributed by atoms with Crippen LogP contribution in [0.25, 0.3) is 16.7 Å². The lowest BCUT2D eigenvalue weighted by Crippen LogP contribution is -2.46. The minimum Gasteiger partial charge on any atom is -0.339 e. The zero-order valence-electron chi connectivity index (χ0n) is 17.4. The van der Waals surface area contributed by atoms with Gasteiger partial charge in [0.1, 0.15) is 5.82 Å². The smallest absolute Gasteiger partial charge is 0.229 e. The molecule has 1 fully saturated rings. The second-order valence-electron chi connectivity index (χ2n) is 7.56. The van der Waals surface area contributed by atoms with E-state index in [1.807, 2.05) is 65.5 Å². The molecule has 0 spiro atoms. The molecule has 158 valence electrons. The van der Waals surface area contributed by atoms with Gasteiger partial charge in [-0.25, -0.2) is 4.68 Å². The van der Waals surface area contributed by atoms with Crippen molar-refractivity contribution >= 4 is 40.1 Å². The molecule has 2 aromatic carbocycles. The summed E-state index contributed by atoms with van der Waals surface area (Å²) in [6.45, 7) is 7.07. The maximum absolute atomic E-state index is 6.19. The van der Waals surface area contributed by atoms with E-state index < -0.39 is 0 Å². The van der Waals surface area contributed by atoms with E-state index in [1.165, 1.54) is 0 Å². The summed E-state index contributed by atoms with van der Waals surface area (Å²) in [5.41, 5.74) is 2.62. The van der Waals surface area contributed by atoms with E-state index in [0.29, 0.717) is 11.0 Å². The number of hydrogen-bond donors (Lipinski definition) is 1. The number of fused-ring (bicyclic) bond motifs is 1. The van der Waals surface area contributed by atoms with Gasteiger partial charge in [-0.2, -0.15) is 15.1 Å². The number of likely N-dealkylation sites (N-methyl/N-ethyl adjacent to an activating group) is 1. The third-order valence-corrected chi connectivity index (χ3v) is 5.84. The largest absolute Gasteiger partial charge is 0.339 e. The standard InChI is InChI=1S/C23H24ClN7/c1-2-29-11-13-30(14-12-29)23-27-21(26-18-8-6-7-17(24)15-18)20-16-25-31(22(20)28-23)19-9-4-3-5-10-19/h3-10,15-16H,2,11-14H2,1H3,(H,26,27,28). The number of nitrogens with one attached hydrogen (secondary N) is 1. The SMILES string of the molecule is CCN1CCN(c2nc(Nc3cccc(Cl)c3)c3cnn(-c4ccccc4)c3n2)CC1. The zero-order valence-corrected chi connectivity index (χ0v) is 18.1. The first-order chi connectivity index (χ1) is 15.2. The number of anilines is 3. The molecule has 1 aliphatic heterocycles. The molecule has 0 atom stereocenters. The highest BCUT2D eigenvalue weighted by atomic mass is 35.5. The topological polar surface area (TPSA) is 62.1 Å². The Kier molecular flexibility index (Phi) is 5.44. The van der Waals surface area contributed by atoms with Crippen molar-refractivity contribution in [3.05, 3.63) is 65.8 Å². The molecule has 2 aromatic heterocycles. The number of aromatic nitrogens is 4. The number of rotatable bonds is 5. The van der Waals surface area contributed by atoms with Gasteiger partial charge in [-0.3, -0.25) is 0 Å². The molecule has 0 unspecified atom stereocenters. The summed E-state index contributed by atoms with van der Waals surface area (Å²) in [5.74, 6) is 1.44. The van der Waals surface area contributed by atoms with Crippen LogP contribution in [0.5, 0.6) is 0 Å². The van der Waals surface area contributed by atoms with E-state index >= 15 is 0 Å². The van der Waals surface area contributed by atoms with Crippen LogP contribution >= 0.6 is 11.6 Å². The Bertz CT molecular complexity index is 1180. The van der Waals surface area contributed by atoms with Crippen LogP contribution in [-0.4, -0.2) is 57.4 Å². The molecule has 31 heavy (non-hydrogen) atoms. The van der Waals surface area contributed by atoms with Gasteiger partial charge in [0.2, 0.25) is 5.95 Å².